The Morgan fingerprint density at radius 3 is 1.81 bits per heavy atom. The summed E-state index contributed by atoms with van der Waals surface area (Å²) >= 11 is 0. The third kappa shape index (κ3) is 3.18. The van der Waals surface area contributed by atoms with Crippen molar-refractivity contribution in [2.45, 2.75) is 36.5 Å². The molecule has 0 aliphatic carbocycles. The molecule has 2 aliphatic rings. The van der Waals surface area contributed by atoms with Crippen LogP contribution in [0.4, 0.5) is 0 Å². The number of rotatable bonds is 4. The number of hydrogen-bond acceptors (Lipinski definition) is 8. The van der Waals surface area contributed by atoms with Crippen LogP contribution in [0.15, 0.2) is 60.7 Å². The second kappa shape index (κ2) is 7.77. The summed E-state index contributed by atoms with van der Waals surface area (Å²) in [6, 6.07) is 17.3. The highest BCUT2D eigenvalue weighted by Crippen LogP contribution is 2.47. The molecule has 4 N–H and O–H groups in total. The van der Waals surface area contributed by atoms with Crippen LogP contribution in [-0.2, 0) is 29.4 Å². The SMILES string of the molecule is NC(=O)C(c1ccccc1)(c1ccccc1)N1CCCC12OC(=O)[C@@H](O)[C@H](O)C(=O)O2. The van der Waals surface area contributed by atoms with E-state index in [9.17, 15) is 24.6 Å². The van der Waals surface area contributed by atoms with E-state index in [1.54, 1.807) is 60.7 Å². The number of esters is 2. The van der Waals surface area contributed by atoms with Crippen LogP contribution < -0.4 is 5.73 Å². The molecule has 2 atom stereocenters. The Bertz CT molecular complexity index is 934. The van der Waals surface area contributed by atoms with Gasteiger partial charge in [-0.1, -0.05) is 60.7 Å². The monoisotopic (exact) mass is 426 g/mol. The molecule has 2 fully saturated rings. The summed E-state index contributed by atoms with van der Waals surface area (Å²) in [6.07, 6.45) is -3.79. The largest absolute Gasteiger partial charge is 0.406 e. The lowest BCUT2D eigenvalue weighted by Crippen LogP contribution is -2.64. The van der Waals surface area contributed by atoms with Crippen molar-refractivity contribution < 1.29 is 34.1 Å². The topological polar surface area (TPSA) is 139 Å². The molecule has 0 unspecified atom stereocenters. The van der Waals surface area contributed by atoms with Gasteiger partial charge in [0.2, 0.25) is 5.91 Å². The fourth-order valence-corrected chi connectivity index (χ4v) is 4.37. The van der Waals surface area contributed by atoms with Crippen molar-refractivity contribution >= 4 is 17.8 Å². The Morgan fingerprint density at radius 1 is 0.935 bits per heavy atom. The number of amides is 1. The molecule has 0 radical (unpaired) electrons. The molecule has 0 saturated carbocycles. The van der Waals surface area contributed by atoms with Gasteiger partial charge in [-0.2, -0.15) is 0 Å². The summed E-state index contributed by atoms with van der Waals surface area (Å²) in [4.78, 5) is 39.5. The van der Waals surface area contributed by atoms with Gasteiger partial charge in [-0.3, -0.25) is 4.79 Å². The van der Waals surface area contributed by atoms with E-state index in [1.165, 1.54) is 4.90 Å². The highest BCUT2D eigenvalue weighted by molar-refractivity contribution is 5.91. The van der Waals surface area contributed by atoms with Crippen LogP contribution in [0.5, 0.6) is 0 Å². The van der Waals surface area contributed by atoms with Gasteiger partial charge in [0.25, 0.3) is 0 Å². The molecule has 2 aromatic rings. The average molecular weight is 426 g/mol. The van der Waals surface area contributed by atoms with Gasteiger partial charge in [-0.05, 0) is 17.5 Å². The second-order valence-electron chi connectivity index (χ2n) is 7.51. The molecule has 0 bridgehead atoms. The highest BCUT2D eigenvalue weighted by Gasteiger charge is 2.63. The smallest absolute Gasteiger partial charge is 0.342 e. The first-order valence-corrected chi connectivity index (χ1v) is 9.83. The number of carbonyl (C=O) groups excluding carboxylic acids is 3. The Labute approximate surface area is 178 Å². The number of ether oxygens (including phenoxy) is 2. The van der Waals surface area contributed by atoms with E-state index in [0.29, 0.717) is 17.5 Å². The van der Waals surface area contributed by atoms with Crippen LogP contribution in [0, 0.1) is 0 Å². The van der Waals surface area contributed by atoms with E-state index in [0.717, 1.165) is 0 Å². The van der Waals surface area contributed by atoms with Crippen LogP contribution in [0.2, 0.25) is 0 Å². The van der Waals surface area contributed by atoms with Crippen LogP contribution >= 0.6 is 0 Å². The maximum Gasteiger partial charge on any atom is 0.342 e. The minimum absolute atomic E-state index is 0.0264. The van der Waals surface area contributed by atoms with E-state index >= 15 is 0 Å². The van der Waals surface area contributed by atoms with Crippen molar-refractivity contribution in [2.75, 3.05) is 6.54 Å². The molecule has 9 nitrogen and oxygen atoms in total. The zero-order valence-electron chi connectivity index (χ0n) is 16.5. The number of likely N-dealkylation sites (tertiary alicyclic amines) is 1. The first-order chi connectivity index (χ1) is 14.8. The number of hydrogen-bond donors (Lipinski definition) is 3. The van der Waals surface area contributed by atoms with Gasteiger partial charge in [0.1, 0.15) is 0 Å². The van der Waals surface area contributed by atoms with Crippen LogP contribution in [-0.4, -0.2) is 57.6 Å². The Hall–Kier alpha value is -3.27. The summed E-state index contributed by atoms with van der Waals surface area (Å²) in [5.74, 6) is -5.27. The van der Waals surface area contributed by atoms with Gasteiger partial charge in [-0.25, -0.2) is 14.5 Å². The lowest BCUT2D eigenvalue weighted by atomic mass is 9.80. The number of benzene rings is 2. The van der Waals surface area contributed by atoms with Crippen LogP contribution in [0.3, 0.4) is 0 Å². The zero-order chi connectivity index (χ0) is 22.2. The molecule has 2 heterocycles. The number of aliphatic hydroxyl groups is 2. The first kappa shape index (κ1) is 21.0. The van der Waals surface area contributed by atoms with E-state index in [2.05, 4.69) is 0 Å². The van der Waals surface area contributed by atoms with Gasteiger partial charge in [0, 0.05) is 13.0 Å². The maximum absolute atomic E-state index is 13.2. The number of nitrogens with two attached hydrogens (primary N) is 1. The van der Waals surface area contributed by atoms with E-state index < -0.39 is 41.5 Å². The van der Waals surface area contributed by atoms with Crippen molar-refractivity contribution in [3.8, 4) is 0 Å². The van der Waals surface area contributed by atoms with Gasteiger partial charge in [-0.15, -0.1) is 0 Å². The van der Waals surface area contributed by atoms with Crippen molar-refractivity contribution in [3.63, 3.8) is 0 Å². The Kier molecular flexibility index (Phi) is 5.26. The normalized spacial score (nSPS) is 23.8. The molecule has 162 valence electrons. The Morgan fingerprint density at radius 2 is 1.39 bits per heavy atom. The molecule has 4 rings (SSSR count). The van der Waals surface area contributed by atoms with Gasteiger partial charge >= 0.3 is 17.8 Å². The third-order valence-corrected chi connectivity index (χ3v) is 5.73. The van der Waals surface area contributed by atoms with E-state index in [1.807, 2.05) is 0 Å². The third-order valence-electron chi connectivity index (χ3n) is 5.73. The lowest BCUT2D eigenvalue weighted by Gasteiger charge is -2.46. The molecule has 1 amide bonds. The molecule has 9 heteroatoms. The molecule has 2 aromatic carbocycles. The highest BCUT2D eigenvalue weighted by atomic mass is 16.8. The van der Waals surface area contributed by atoms with Gasteiger partial charge in [0.05, 0.1) is 0 Å². The summed E-state index contributed by atoms with van der Waals surface area (Å²) in [6.45, 7) is 0.180. The van der Waals surface area contributed by atoms with Gasteiger partial charge < -0.3 is 25.4 Å². The van der Waals surface area contributed by atoms with Gasteiger partial charge in [0.15, 0.2) is 17.7 Å². The predicted octanol–water partition coefficient (Wildman–Crippen LogP) is -0.0131. The number of nitrogens with zero attached hydrogens (tertiary/aromatic N) is 1. The molecule has 1 spiro atoms. The first-order valence-electron chi connectivity index (χ1n) is 9.83. The summed E-state index contributed by atoms with van der Waals surface area (Å²) in [7, 11) is 0. The van der Waals surface area contributed by atoms with Crippen LogP contribution in [0.1, 0.15) is 24.0 Å². The van der Waals surface area contributed by atoms with Crippen molar-refractivity contribution in [2.24, 2.45) is 5.73 Å². The number of carbonyl (C=O) groups is 3. The fourth-order valence-electron chi connectivity index (χ4n) is 4.37. The maximum atomic E-state index is 13.2. The predicted molar refractivity (Wildman–Crippen MR) is 106 cm³/mol. The molecule has 31 heavy (non-hydrogen) atoms. The number of aliphatic hydroxyl groups excluding tert-OH is 2. The quantitative estimate of drug-likeness (QED) is 0.580. The standard InChI is InChI=1S/C22H22N2O7/c23-20(29)22(14-8-3-1-4-9-14,15-10-5-2-6-11-15)24-13-7-12-21(24)30-18(27)16(25)17(26)19(28)31-21/h1-6,8-11,16-17,25-26H,7,12-13H2,(H2,23,29)/t16-,17-/m0/s1. The molecular weight excluding hydrogens is 404 g/mol. The summed E-state index contributed by atoms with van der Waals surface area (Å²) in [5.41, 5.74) is 5.30. The minimum Gasteiger partial charge on any atom is -0.406 e. The van der Waals surface area contributed by atoms with E-state index in [-0.39, 0.29) is 13.0 Å². The minimum atomic E-state index is -2.11. The van der Waals surface area contributed by atoms with Crippen LogP contribution in [0.25, 0.3) is 0 Å². The Balaban J connectivity index is 1.96. The van der Waals surface area contributed by atoms with Crippen molar-refractivity contribution in [3.05, 3.63) is 71.8 Å². The fraction of sp³-hybridized carbons (Fsp3) is 0.318. The summed E-state index contributed by atoms with van der Waals surface area (Å²) < 4.78 is 10.9. The average Bonchev–Trinajstić information content (AvgIpc) is 3.14. The zero-order valence-corrected chi connectivity index (χ0v) is 16.5. The molecular formula is C22H22N2O7. The molecule has 2 saturated heterocycles. The summed E-state index contributed by atoms with van der Waals surface area (Å²) in [5, 5.41) is 19.9. The molecule has 0 aromatic heterocycles. The lowest BCUT2D eigenvalue weighted by molar-refractivity contribution is -0.286. The second-order valence-corrected chi connectivity index (χ2v) is 7.51. The van der Waals surface area contributed by atoms with Crippen molar-refractivity contribution in [1.82, 2.24) is 4.90 Å². The van der Waals surface area contributed by atoms with Crippen molar-refractivity contribution in [1.29, 1.82) is 0 Å². The van der Waals surface area contributed by atoms with E-state index in [4.69, 9.17) is 15.2 Å². The molecule has 2 aliphatic heterocycles. The number of primary amides is 1.